The first kappa shape index (κ1) is 22.9. The third-order valence-corrected chi connectivity index (χ3v) is 5.80. The Balaban J connectivity index is 1.70. The molecule has 1 aliphatic heterocycles. The van der Waals surface area contributed by atoms with Gasteiger partial charge in [0.25, 0.3) is 0 Å². The van der Waals surface area contributed by atoms with Crippen LogP contribution in [-0.4, -0.2) is 34.5 Å². The van der Waals surface area contributed by atoms with Gasteiger partial charge in [-0.25, -0.2) is 9.78 Å². The first-order valence-corrected chi connectivity index (χ1v) is 11.1. The second kappa shape index (κ2) is 9.71. The summed E-state index contributed by atoms with van der Waals surface area (Å²) in [5, 5.41) is 12.5. The number of amides is 1. The van der Waals surface area contributed by atoms with Gasteiger partial charge in [-0.15, -0.1) is 0 Å². The minimum absolute atomic E-state index is 0.00582. The Labute approximate surface area is 198 Å². The van der Waals surface area contributed by atoms with Crippen LogP contribution in [0.4, 0.5) is 11.5 Å². The lowest BCUT2D eigenvalue weighted by Crippen LogP contribution is -2.43. The summed E-state index contributed by atoms with van der Waals surface area (Å²) in [6.45, 7) is 5.66. The molecule has 8 heteroatoms. The zero-order chi connectivity index (χ0) is 24.2. The fourth-order valence-corrected chi connectivity index (χ4v) is 4.26. The molecule has 2 atom stereocenters. The average Bonchev–Trinajstić information content (AvgIpc) is 2.84. The Kier molecular flexibility index (Phi) is 6.55. The quantitative estimate of drug-likeness (QED) is 0.565. The largest absolute Gasteiger partial charge is 0.462 e. The van der Waals surface area contributed by atoms with Crippen molar-refractivity contribution in [3.05, 3.63) is 71.5 Å². The van der Waals surface area contributed by atoms with Crippen LogP contribution in [0.5, 0.6) is 0 Å². The topological polar surface area (TPSA) is 108 Å². The fourth-order valence-electron chi connectivity index (χ4n) is 4.26. The number of benzene rings is 1. The molecule has 0 saturated carbocycles. The minimum Gasteiger partial charge on any atom is -0.462 e. The van der Waals surface area contributed by atoms with Crippen molar-refractivity contribution in [1.82, 2.24) is 9.97 Å². The van der Waals surface area contributed by atoms with E-state index in [0.717, 1.165) is 16.8 Å². The van der Waals surface area contributed by atoms with Gasteiger partial charge >= 0.3 is 5.97 Å². The fraction of sp³-hybridized carbons (Fsp3) is 0.269. The van der Waals surface area contributed by atoms with E-state index in [1.165, 1.54) is 12.4 Å². The standard InChI is InChI=1S/C26H25N5O3/c1-4-34-26(33)20-6-8-22(28-15-20)19-7-9-24-21(12-19)23(11-16(2)31(24)17(3)32)30-25-10-5-18(13-27)14-29-25/h5-10,12,14-16,23H,4,11H2,1-3H3,(H,29,30)/t16-,23+/m0/s1. The number of fused-ring (bicyclic) bond motifs is 1. The number of nitrogens with zero attached hydrogens (tertiary/aromatic N) is 4. The number of ether oxygens (including phenoxy) is 1. The van der Waals surface area contributed by atoms with Gasteiger partial charge in [-0.05, 0) is 62.2 Å². The first-order valence-electron chi connectivity index (χ1n) is 11.1. The van der Waals surface area contributed by atoms with Crippen LogP contribution in [-0.2, 0) is 9.53 Å². The van der Waals surface area contributed by atoms with Crippen LogP contribution in [0.3, 0.4) is 0 Å². The predicted molar refractivity (Wildman–Crippen MR) is 128 cm³/mol. The second-order valence-electron chi connectivity index (χ2n) is 8.14. The minimum atomic E-state index is -0.405. The average molecular weight is 456 g/mol. The van der Waals surface area contributed by atoms with Crippen molar-refractivity contribution in [2.24, 2.45) is 0 Å². The Hall–Kier alpha value is -4.25. The Morgan fingerprint density at radius 1 is 1.18 bits per heavy atom. The van der Waals surface area contributed by atoms with Gasteiger partial charge in [0, 0.05) is 36.6 Å². The Bertz CT molecular complexity index is 1250. The summed E-state index contributed by atoms with van der Waals surface area (Å²) in [5.41, 5.74) is 4.25. The highest BCUT2D eigenvalue weighted by Gasteiger charge is 2.33. The van der Waals surface area contributed by atoms with E-state index in [2.05, 4.69) is 21.4 Å². The van der Waals surface area contributed by atoms with Crippen LogP contribution < -0.4 is 10.2 Å². The molecular formula is C26H25N5O3. The van der Waals surface area contributed by atoms with E-state index in [4.69, 9.17) is 10.00 Å². The number of pyridine rings is 2. The smallest absolute Gasteiger partial charge is 0.339 e. The van der Waals surface area contributed by atoms with Crippen LogP contribution >= 0.6 is 0 Å². The van der Waals surface area contributed by atoms with Gasteiger partial charge in [0.05, 0.1) is 29.5 Å². The summed E-state index contributed by atoms with van der Waals surface area (Å²) >= 11 is 0. The number of hydrogen-bond acceptors (Lipinski definition) is 7. The van der Waals surface area contributed by atoms with Gasteiger partial charge in [0.2, 0.25) is 5.91 Å². The zero-order valence-electron chi connectivity index (χ0n) is 19.3. The Morgan fingerprint density at radius 3 is 2.62 bits per heavy atom. The summed E-state index contributed by atoms with van der Waals surface area (Å²) in [7, 11) is 0. The van der Waals surface area contributed by atoms with Crippen molar-refractivity contribution in [3.63, 3.8) is 0 Å². The highest BCUT2D eigenvalue weighted by Crippen LogP contribution is 2.40. The molecule has 0 radical (unpaired) electrons. The highest BCUT2D eigenvalue weighted by molar-refractivity contribution is 5.94. The summed E-state index contributed by atoms with van der Waals surface area (Å²) in [6, 6.07) is 14.8. The van der Waals surface area contributed by atoms with Gasteiger partial charge in [-0.3, -0.25) is 9.78 Å². The van der Waals surface area contributed by atoms with Crippen molar-refractivity contribution in [2.75, 3.05) is 16.8 Å². The van der Waals surface area contributed by atoms with Crippen LogP contribution in [0.2, 0.25) is 0 Å². The molecule has 8 nitrogen and oxygen atoms in total. The zero-order valence-corrected chi connectivity index (χ0v) is 19.3. The number of carbonyl (C=O) groups excluding carboxylic acids is 2. The van der Waals surface area contributed by atoms with Gasteiger partial charge in [-0.2, -0.15) is 5.26 Å². The molecule has 1 N–H and O–H groups in total. The lowest BCUT2D eigenvalue weighted by atomic mass is 9.89. The lowest BCUT2D eigenvalue weighted by molar-refractivity contribution is -0.117. The van der Waals surface area contributed by atoms with Crippen molar-refractivity contribution in [1.29, 1.82) is 5.26 Å². The van der Waals surface area contributed by atoms with Crippen molar-refractivity contribution >= 4 is 23.4 Å². The van der Waals surface area contributed by atoms with Gasteiger partial charge in [-0.1, -0.05) is 6.07 Å². The molecule has 3 heterocycles. The van der Waals surface area contributed by atoms with E-state index in [9.17, 15) is 9.59 Å². The monoisotopic (exact) mass is 455 g/mol. The molecular weight excluding hydrogens is 430 g/mol. The highest BCUT2D eigenvalue weighted by atomic mass is 16.5. The summed E-state index contributed by atoms with van der Waals surface area (Å²) in [4.78, 5) is 35.0. The molecule has 3 aromatic rings. The molecule has 0 aliphatic carbocycles. The van der Waals surface area contributed by atoms with Crippen LogP contribution in [0, 0.1) is 11.3 Å². The summed E-state index contributed by atoms with van der Waals surface area (Å²) < 4.78 is 5.03. The number of anilines is 2. The molecule has 34 heavy (non-hydrogen) atoms. The lowest BCUT2D eigenvalue weighted by Gasteiger charge is -2.39. The molecule has 0 fully saturated rings. The number of carbonyl (C=O) groups is 2. The van der Waals surface area contributed by atoms with E-state index in [0.29, 0.717) is 35.7 Å². The Morgan fingerprint density at radius 2 is 2.00 bits per heavy atom. The normalized spacial score (nSPS) is 16.8. The molecule has 172 valence electrons. The van der Waals surface area contributed by atoms with Crippen LogP contribution in [0.1, 0.15) is 54.7 Å². The molecule has 1 aliphatic rings. The second-order valence-corrected chi connectivity index (χ2v) is 8.14. The van der Waals surface area contributed by atoms with Crippen LogP contribution in [0.25, 0.3) is 11.3 Å². The van der Waals surface area contributed by atoms with Crippen molar-refractivity contribution < 1.29 is 14.3 Å². The van der Waals surface area contributed by atoms with E-state index < -0.39 is 5.97 Å². The molecule has 0 bridgehead atoms. The number of hydrogen-bond donors (Lipinski definition) is 1. The molecule has 0 unspecified atom stereocenters. The van der Waals surface area contributed by atoms with Crippen molar-refractivity contribution in [3.8, 4) is 17.3 Å². The molecule has 1 amide bonds. The summed E-state index contributed by atoms with van der Waals surface area (Å²) in [5.74, 6) is 0.228. The maximum absolute atomic E-state index is 12.4. The number of rotatable bonds is 5. The van der Waals surface area contributed by atoms with E-state index in [1.54, 1.807) is 43.0 Å². The van der Waals surface area contributed by atoms with Gasteiger partial charge in [0.15, 0.2) is 0 Å². The van der Waals surface area contributed by atoms with E-state index in [-0.39, 0.29) is 18.0 Å². The molecule has 0 saturated heterocycles. The number of aromatic nitrogens is 2. The third kappa shape index (κ3) is 4.59. The molecule has 1 aromatic carbocycles. The first-order chi connectivity index (χ1) is 16.4. The van der Waals surface area contributed by atoms with E-state index >= 15 is 0 Å². The third-order valence-electron chi connectivity index (χ3n) is 5.80. The SMILES string of the molecule is CCOC(=O)c1ccc(-c2ccc3c(c2)[C@H](Nc2ccc(C#N)cn2)C[C@H](C)N3C(C)=O)nc1. The van der Waals surface area contributed by atoms with Crippen molar-refractivity contribution in [2.45, 2.75) is 39.3 Å². The van der Waals surface area contributed by atoms with E-state index in [1.807, 2.05) is 25.1 Å². The molecule has 0 spiro atoms. The number of nitriles is 1. The molecule has 2 aromatic heterocycles. The number of nitrogens with one attached hydrogen (secondary N) is 1. The maximum atomic E-state index is 12.4. The van der Waals surface area contributed by atoms with Gasteiger partial charge < -0.3 is 15.0 Å². The summed E-state index contributed by atoms with van der Waals surface area (Å²) in [6.07, 6.45) is 3.73. The molecule has 4 rings (SSSR count). The predicted octanol–water partition coefficient (Wildman–Crippen LogP) is 4.49. The maximum Gasteiger partial charge on any atom is 0.339 e. The van der Waals surface area contributed by atoms with Gasteiger partial charge in [0.1, 0.15) is 11.9 Å². The van der Waals surface area contributed by atoms with Crippen LogP contribution in [0.15, 0.2) is 54.9 Å². The number of esters is 1.